The number of hydrogen-bond acceptors (Lipinski definition) is 4. The molecule has 1 aromatic carbocycles. The smallest absolute Gasteiger partial charge is 0.410 e. The lowest BCUT2D eigenvalue weighted by Crippen LogP contribution is -2.38. The van der Waals surface area contributed by atoms with Gasteiger partial charge in [-0.15, -0.1) is 0 Å². The highest BCUT2D eigenvalue weighted by Crippen LogP contribution is 2.32. The number of hydrogen-bond donors (Lipinski definition) is 2. The van der Waals surface area contributed by atoms with Gasteiger partial charge in [0.1, 0.15) is 11.4 Å². The molecule has 5 nitrogen and oxygen atoms in total. The van der Waals surface area contributed by atoms with Crippen molar-refractivity contribution in [3.63, 3.8) is 0 Å². The van der Waals surface area contributed by atoms with Crippen LogP contribution in [0.2, 0.25) is 0 Å². The molecule has 5 heteroatoms. The van der Waals surface area contributed by atoms with Crippen LogP contribution in [-0.4, -0.2) is 41.8 Å². The number of carbonyl (C=O) groups excluding carboxylic acids is 1. The Bertz CT molecular complexity index is 537. The van der Waals surface area contributed by atoms with Crippen LogP contribution in [0.1, 0.15) is 44.4 Å². The van der Waals surface area contributed by atoms with Crippen molar-refractivity contribution in [3.8, 4) is 5.75 Å². The Morgan fingerprint density at radius 3 is 2.86 bits per heavy atom. The average molecular weight is 306 g/mol. The van der Waals surface area contributed by atoms with Gasteiger partial charge in [0.15, 0.2) is 0 Å². The summed E-state index contributed by atoms with van der Waals surface area (Å²) in [7, 11) is 1.75. The summed E-state index contributed by atoms with van der Waals surface area (Å²) in [5, 5.41) is 13.0. The Kier molecular flexibility index (Phi) is 4.96. The van der Waals surface area contributed by atoms with Crippen LogP contribution in [0.15, 0.2) is 18.2 Å². The Hall–Kier alpha value is -1.75. The number of rotatable bonds is 4. The SMILES string of the molecule is CN(CCNC1CCc2cc(O)ccc21)C(=O)OC(C)(C)C. The predicted octanol–water partition coefficient (Wildman–Crippen LogP) is 2.84. The number of aromatic hydroxyl groups is 1. The second-order valence-electron chi connectivity index (χ2n) is 6.83. The van der Waals surface area contributed by atoms with Crippen molar-refractivity contribution in [1.29, 1.82) is 0 Å². The molecule has 0 saturated heterocycles. The first kappa shape index (κ1) is 16.6. The first-order valence-corrected chi connectivity index (χ1v) is 7.75. The molecule has 1 amide bonds. The van der Waals surface area contributed by atoms with E-state index in [4.69, 9.17) is 4.74 Å². The molecule has 0 aliphatic heterocycles. The topological polar surface area (TPSA) is 61.8 Å². The fourth-order valence-corrected chi connectivity index (χ4v) is 2.65. The first-order valence-electron chi connectivity index (χ1n) is 7.75. The number of aryl methyl sites for hydroxylation is 1. The minimum atomic E-state index is -0.467. The number of carbonyl (C=O) groups is 1. The third-order valence-corrected chi connectivity index (χ3v) is 3.75. The van der Waals surface area contributed by atoms with Crippen LogP contribution in [0.3, 0.4) is 0 Å². The summed E-state index contributed by atoms with van der Waals surface area (Å²) in [4.78, 5) is 13.5. The quantitative estimate of drug-likeness (QED) is 0.898. The largest absolute Gasteiger partial charge is 0.508 e. The molecule has 1 aliphatic carbocycles. The molecule has 0 heterocycles. The second kappa shape index (κ2) is 6.57. The maximum absolute atomic E-state index is 11.9. The molecular weight excluding hydrogens is 280 g/mol. The molecule has 1 aromatic rings. The highest BCUT2D eigenvalue weighted by molar-refractivity contribution is 5.67. The monoisotopic (exact) mass is 306 g/mol. The number of phenolic OH excluding ortho intramolecular Hbond substituents is 1. The average Bonchev–Trinajstić information content (AvgIpc) is 2.79. The number of ether oxygens (including phenoxy) is 1. The molecule has 1 unspecified atom stereocenters. The van der Waals surface area contributed by atoms with Gasteiger partial charge in [-0.05, 0) is 56.9 Å². The molecule has 2 rings (SSSR count). The van der Waals surface area contributed by atoms with Gasteiger partial charge in [0, 0.05) is 26.2 Å². The van der Waals surface area contributed by atoms with Gasteiger partial charge in [-0.25, -0.2) is 4.79 Å². The zero-order valence-electron chi connectivity index (χ0n) is 13.8. The number of phenols is 1. The minimum Gasteiger partial charge on any atom is -0.508 e. The van der Waals surface area contributed by atoms with Gasteiger partial charge in [0.25, 0.3) is 0 Å². The Balaban J connectivity index is 1.80. The van der Waals surface area contributed by atoms with Crippen LogP contribution in [-0.2, 0) is 11.2 Å². The summed E-state index contributed by atoms with van der Waals surface area (Å²) in [6.07, 6.45) is 1.70. The van der Waals surface area contributed by atoms with Gasteiger partial charge in [0.05, 0.1) is 0 Å². The molecule has 0 spiro atoms. The van der Waals surface area contributed by atoms with Crippen LogP contribution >= 0.6 is 0 Å². The molecule has 0 aromatic heterocycles. The van der Waals surface area contributed by atoms with Crippen molar-refractivity contribution in [3.05, 3.63) is 29.3 Å². The Morgan fingerprint density at radius 1 is 1.45 bits per heavy atom. The number of benzene rings is 1. The summed E-state index contributed by atoms with van der Waals surface area (Å²) >= 11 is 0. The third-order valence-electron chi connectivity index (χ3n) is 3.75. The fourth-order valence-electron chi connectivity index (χ4n) is 2.65. The minimum absolute atomic E-state index is 0.294. The molecule has 0 radical (unpaired) electrons. The summed E-state index contributed by atoms with van der Waals surface area (Å²) < 4.78 is 5.32. The predicted molar refractivity (Wildman–Crippen MR) is 86.0 cm³/mol. The van der Waals surface area contributed by atoms with Gasteiger partial charge in [-0.3, -0.25) is 0 Å². The molecule has 0 saturated carbocycles. The van der Waals surface area contributed by atoms with Gasteiger partial charge in [-0.1, -0.05) is 6.07 Å². The van der Waals surface area contributed by atoms with E-state index in [1.54, 1.807) is 18.0 Å². The van der Waals surface area contributed by atoms with Gasteiger partial charge >= 0.3 is 6.09 Å². The van der Waals surface area contributed by atoms with Crippen LogP contribution in [0.5, 0.6) is 5.75 Å². The first-order chi connectivity index (χ1) is 10.3. The van der Waals surface area contributed by atoms with Crippen LogP contribution in [0, 0.1) is 0 Å². The van der Waals surface area contributed by atoms with E-state index in [0.717, 1.165) is 12.8 Å². The lowest BCUT2D eigenvalue weighted by Gasteiger charge is -2.25. The third kappa shape index (κ3) is 4.37. The number of fused-ring (bicyclic) bond motifs is 1. The van der Waals surface area contributed by atoms with Crippen LogP contribution in [0.4, 0.5) is 4.79 Å². The molecule has 122 valence electrons. The van der Waals surface area contributed by atoms with Gasteiger partial charge in [0.2, 0.25) is 0 Å². The molecule has 0 fully saturated rings. The van der Waals surface area contributed by atoms with Crippen molar-refractivity contribution in [2.24, 2.45) is 0 Å². The van der Waals surface area contributed by atoms with Crippen molar-refractivity contribution in [2.75, 3.05) is 20.1 Å². The van der Waals surface area contributed by atoms with Crippen molar-refractivity contribution < 1.29 is 14.6 Å². The van der Waals surface area contributed by atoms with E-state index in [1.807, 2.05) is 32.9 Å². The van der Waals surface area contributed by atoms with E-state index in [9.17, 15) is 9.90 Å². The normalized spacial score (nSPS) is 17.2. The van der Waals surface area contributed by atoms with Gasteiger partial charge in [-0.2, -0.15) is 0 Å². The Labute approximate surface area is 132 Å². The molecular formula is C17H26N2O3. The van der Waals surface area contributed by atoms with E-state index in [-0.39, 0.29) is 6.09 Å². The Morgan fingerprint density at radius 2 is 2.18 bits per heavy atom. The number of likely N-dealkylation sites (N-methyl/N-ethyl adjacent to an activating group) is 1. The van der Waals surface area contributed by atoms with Crippen molar-refractivity contribution in [1.82, 2.24) is 10.2 Å². The van der Waals surface area contributed by atoms with Crippen LogP contribution < -0.4 is 5.32 Å². The highest BCUT2D eigenvalue weighted by Gasteiger charge is 2.23. The molecule has 0 bridgehead atoms. The number of nitrogens with one attached hydrogen (secondary N) is 1. The van der Waals surface area contributed by atoms with Crippen LogP contribution in [0.25, 0.3) is 0 Å². The summed E-state index contributed by atoms with van der Waals surface area (Å²) in [6, 6.07) is 5.84. The van der Waals surface area contributed by atoms with Crippen molar-refractivity contribution in [2.45, 2.75) is 45.3 Å². The van der Waals surface area contributed by atoms with Crippen molar-refractivity contribution >= 4 is 6.09 Å². The lowest BCUT2D eigenvalue weighted by molar-refractivity contribution is 0.0299. The zero-order valence-corrected chi connectivity index (χ0v) is 13.8. The van der Waals surface area contributed by atoms with E-state index in [1.165, 1.54) is 11.1 Å². The van der Waals surface area contributed by atoms with Gasteiger partial charge < -0.3 is 20.1 Å². The molecule has 1 atom stereocenters. The summed E-state index contributed by atoms with van der Waals surface area (Å²) in [5.41, 5.74) is 1.99. The highest BCUT2D eigenvalue weighted by atomic mass is 16.6. The van der Waals surface area contributed by atoms with E-state index >= 15 is 0 Å². The number of amides is 1. The summed E-state index contributed by atoms with van der Waals surface area (Å²) in [6.45, 7) is 6.89. The molecule has 22 heavy (non-hydrogen) atoms. The summed E-state index contributed by atoms with van der Waals surface area (Å²) in [5.74, 6) is 0.323. The maximum Gasteiger partial charge on any atom is 0.410 e. The maximum atomic E-state index is 11.9. The second-order valence-corrected chi connectivity index (χ2v) is 6.83. The van der Waals surface area contributed by atoms with E-state index in [0.29, 0.717) is 24.9 Å². The molecule has 2 N–H and O–H groups in total. The number of nitrogens with zero attached hydrogens (tertiary/aromatic N) is 1. The lowest BCUT2D eigenvalue weighted by atomic mass is 10.1. The van der Waals surface area contributed by atoms with E-state index in [2.05, 4.69) is 5.32 Å². The zero-order chi connectivity index (χ0) is 16.3. The van der Waals surface area contributed by atoms with E-state index < -0.39 is 5.60 Å². The molecule has 1 aliphatic rings. The fraction of sp³-hybridized carbons (Fsp3) is 0.588. The standard InChI is InChI=1S/C17H26N2O3/c1-17(2,3)22-16(21)19(4)10-9-18-15-8-5-12-11-13(20)6-7-14(12)15/h6-7,11,15,18,20H,5,8-10H2,1-4H3.